The van der Waals surface area contributed by atoms with Gasteiger partial charge in [-0.15, -0.1) is 23.1 Å². The fourth-order valence-electron chi connectivity index (χ4n) is 1.11. The molecule has 14 heavy (non-hydrogen) atoms. The summed E-state index contributed by atoms with van der Waals surface area (Å²) < 4.78 is 0. The van der Waals surface area contributed by atoms with Crippen LogP contribution in [0.25, 0.3) is 0 Å². The number of thioether (sulfide) groups is 1. The summed E-state index contributed by atoms with van der Waals surface area (Å²) in [4.78, 5) is 2.68. The van der Waals surface area contributed by atoms with Crippen molar-refractivity contribution in [3.8, 4) is 0 Å². The van der Waals surface area contributed by atoms with Crippen LogP contribution in [0.15, 0.2) is 46.7 Å². The predicted molar refractivity (Wildman–Crippen MR) is 64.7 cm³/mol. The molecule has 0 atom stereocenters. The number of thiophene rings is 1. The van der Waals surface area contributed by atoms with Gasteiger partial charge < -0.3 is 5.73 Å². The monoisotopic (exact) mass is 221 g/mol. The van der Waals surface area contributed by atoms with E-state index in [0.29, 0.717) is 0 Å². The summed E-state index contributed by atoms with van der Waals surface area (Å²) in [6.45, 7) is 0. The zero-order valence-electron chi connectivity index (χ0n) is 7.64. The number of anilines is 1. The van der Waals surface area contributed by atoms with Gasteiger partial charge in [0.05, 0.1) is 0 Å². The summed E-state index contributed by atoms with van der Waals surface area (Å²) in [5.74, 6) is 1.04. The van der Waals surface area contributed by atoms with Crippen molar-refractivity contribution in [2.24, 2.45) is 0 Å². The van der Waals surface area contributed by atoms with Crippen molar-refractivity contribution in [2.45, 2.75) is 10.6 Å². The Labute approximate surface area is 92.0 Å². The van der Waals surface area contributed by atoms with Gasteiger partial charge in [-0.3, -0.25) is 0 Å². The maximum Gasteiger partial charge on any atom is 0.0326 e. The molecule has 72 valence electrons. The molecule has 0 saturated heterocycles. The average molecular weight is 221 g/mol. The molecular weight excluding hydrogens is 210 g/mol. The van der Waals surface area contributed by atoms with Crippen LogP contribution in [0.1, 0.15) is 4.88 Å². The molecule has 2 rings (SSSR count). The van der Waals surface area contributed by atoms with E-state index in [9.17, 15) is 0 Å². The van der Waals surface area contributed by atoms with Crippen LogP contribution in [0.5, 0.6) is 0 Å². The molecule has 0 aliphatic rings. The molecule has 0 spiro atoms. The zero-order valence-corrected chi connectivity index (χ0v) is 9.28. The molecule has 0 fully saturated rings. The molecule has 0 unspecified atom stereocenters. The molecule has 3 heteroatoms. The summed E-state index contributed by atoms with van der Waals surface area (Å²) in [6.07, 6.45) is 0. The Balaban J connectivity index is 1.95. The fraction of sp³-hybridized carbons (Fsp3) is 0.0909. The Morgan fingerprint density at radius 3 is 2.57 bits per heavy atom. The maximum atomic E-state index is 5.61. The molecule has 0 aliphatic heterocycles. The largest absolute Gasteiger partial charge is 0.399 e. The SMILES string of the molecule is Nc1ccc(SCc2cccs2)cc1. The van der Waals surface area contributed by atoms with E-state index in [1.54, 1.807) is 11.3 Å². The van der Waals surface area contributed by atoms with Crippen molar-refractivity contribution >= 4 is 28.8 Å². The molecule has 2 aromatic rings. The van der Waals surface area contributed by atoms with Crippen LogP contribution in [0.2, 0.25) is 0 Å². The highest BCUT2D eigenvalue weighted by molar-refractivity contribution is 7.98. The van der Waals surface area contributed by atoms with E-state index >= 15 is 0 Å². The molecule has 0 aliphatic carbocycles. The smallest absolute Gasteiger partial charge is 0.0326 e. The molecule has 0 radical (unpaired) electrons. The first-order valence-electron chi connectivity index (χ1n) is 4.35. The number of hydrogen-bond acceptors (Lipinski definition) is 3. The van der Waals surface area contributed by atoms with Gasteiger partial charge in [-0.2, -0.15) is 0 Å². The molecule has 0 bridgehead atoms. The summed E-state index contributed by atoms with van der Waals surface area (Å²) in [6, 6.07) is 12.3. The first-order valence-corrected chi connectivity index (χ1v) is 6.22. The molecule has 0 amide bonds. The third kappa shape index (κ3) is 2.53. The summed E-state index contributed by atoms with van der Waals surface area (Å²) in [5.41, 5.74) is 6.43. The number of hydrogen-bond donors (Lipinski definition) is 1. The third-order valence-corrected chi connectivity index (χ3v) is 3.96. The van der Waals surface area contributed by atoms with Gasteiger partial charge in [-0.25, -0.2) is 0 Å². The third-order valence-electron chi connectivity index (χ3n) is 1.84. The minimum atomic E-state index is 0.825. The topological polar surface area (TPSA) is 26.0 Å². The standard InChI is InChI=1S/C11H11NS2/c12-9-3-5-10(6-4-9)14-8-11-2-1-7-13-11/h1-7H,8,12H2. The normalized spacial score (nSPS) is 10.3. The summed E-state index contributed by atoms with van der Waals surface area (Å²) in [5, 5.41) is 2.11. The molecule has 1 aromatic carbocycles. The second-order valence-corrected chi connectivity index (χ2v) is 5.02. The van der Waals surface area contributed by atoms with Crippen molar-refractivity contribution in [1.29, 1.82) is 0 Å². The Morgan fingerprint density at radius 1 is 1.14 bits per heavy atom. The zero-order chi connectivity index (χ0) is 9.80. The van der Waals surface area contributed by atoms with E-state index in [2.05, 4.69) is 29.6 Å². The highest BCUT2D eigenvalue weighted by atomic mass is 32.2. The van der Waals surface area contributed by atoms with Gasteiger partial charge in [0.25, 0.3) is 0 Å². The van der Waals surface area contributed by atoms with Crippen molar-refractivity contribution in [1.82, 2.24) is 0 Å². The second kappa shape index (κ2) is 4.53. The van der Waals surface area contributed by atoms with Crippen molar-refractivity contribution in [3.05, 3.63) is 46.7 Å². The highest BCUT2D eigenvalue weighted by Gasteiger charge is 1.96. The number of benzene rings is 1. The molecule has 0 saturated carbocycles. The average Bonchev–Trinajstić information content (AvgIpc) is 2.70. The van der Waals surface area contributed by atoms with E-state index in [0.717, 1.165) is 11.4 Å². The minimum Gasteiger partial charge on any atom is -0.399 e. The Morgan fingerprint density at radius 2 is 1.93 bits per heavy atom. The van der Waals surface area contributed by atoms with Crippen molar-refractivity contribution < 1.29 is 0 Å². The molecule has 1 nitrogen and oxygen atoms in total. The minimum absolute atomic E-state index is 0.825. The Kier molecular flexibility index (Phi) is 3.11. The lowest BCUT2D eigenvalue weighted by atomic mass is 10.3. The van der Waals surface area contributed by atoms with E-state index in [1.165, 1.54) is 9.77 Å². The maximum absolute atomic E-state index is 5.61. The van der Waals surface area contributed by atoms with Crippen LogP contribution < -0.4 is 5.73 Å². The van der Waals surface area contributed by atoms with E-state index in [-0.39, 0.29) is 0 Å². The molecule has 1 heterocycles. The number of nitrogens with two attached hydrogens (primary N) is 1. The van der Waals surface area contributed by atoms with Crippen LogP contribution >= 0.6 is 23.1 Å². The van der Waals surface area contributed by atoms with Crippen molar-refractivity contribution in [3.63, 3.8) is 0 Å². The quantitative estimate of drug-likeness (QED) is 0.633. The lowest BCUT2D eigenvalue weighted by Crippen LogP contribution is -1.82. The van der Waals surface area contributed by atoms with Gasteiger partial charge in [-0.05, 0) is 35.7 Å². The van der Waals surface area contributed by atoms with Crippen LogP contribution in [0, 0.1) is 0 Å². The highest BCUT2D eigenvalue weighted by Crippen LogP contribution is 2.25. The summed E-state index contributed by atoms with van der Waals surface area (Å²) in [7, 11) is 0. The van der Waals surface area contributed by atoms with Crippen molar-refractivity contribution in [2.75, 3.05) is 5.73 Å². The lowest BCUT2D eigenvalue weighted by Gasteiger charge is -1.99. The summed E-state index contributed by atoms with van der Waals surface area (Å²) >= 11 is 3.64. The van der Waals surface area contributed by atoms with Crippen LogP contribution in [0.4, 0.5) is 5.69 Å². The van der Waals surface area contributed by atoms with Gasteiger partial charge in [-0.1, -0.05) is 6.07 Å². The van der Waals surface area contributed by atoms with E-state index in [4.69, 9.17) is 5.73 Å². The molecular formula is C11H11NS2. The van der Waals surface area contributed by atoms with E-state index < -0.39 is 0 Å². The first kappa shape index (κ1) is 9.62. The number of rotatable bonds is 3. The van der Waals surface area contributed by atoms with Gasteiger partial charge in [0.2, 0.25) is 0 Å². The Bertz CT molecular complexity index is 378. The molecule has 1 aromatic heterocycles. The van der Waals surface area contributed by atoms with E-state index in [1.807, 2.05) is 23.9 Å². The Hall–Kier alpha value is -0.930. The second-order valence-electron chi connectivity index (χ2n) is 2.94. The number of nitrogen functional groups attached to an aromatic ring is 1. The van der Waals surface area contributed by atoms with Gasteiger partial charge in [0.1, 0.15) is 0 Å². The first-order chi connectivity index (χ1) is 6.84. The van der Waals surface area contributed by atoms with Gasteiger partial charge in [0, 0.05) is 21.2 Å². The predicted octanol–water partition coefficient (Wildman–Crippen LogP) is 3.62. The van der Waals surface area contributed by atoms with Crippen LogP contribution in [0.3, 0.4) is 0 Å². The lowest BCUT2D eigenvalue weighted by molar-refractivity contribution is 1.43. The molecule has 2 N–H and O–H groups in total. The fourth-order valence-corrected chi connectivity index (χ4v) is 2.78. The van der Waals surface area contributed by atoms with Gasteiger partial charge >= 0.3 is 0 Å². The van der Waals surface area contributed by atoms with Gasteiger partial charge in [0.15, 0.2) is 0 Å². The van der Waals surface area contributed by atoms with Crippen LogP contribution in [-0.4, -0.2) is 0 Å². The van der Waals surface area contributed by atoms with Crippen LogP contribution in [-0.2, 0) is 5.75 Å².